The van der Waals surface area contributed by atoms with E-state index in [0.29, 0.717) is 29.2 Å². The average molecular weight is 513 g/mol. The van der Waals surface area contributed by atoms with Crippen LogP contribution >= 0.6 is 0 Å². The predicted octanol–water partition coefficient (Wildman–Crippen LogP) is 4.64. The highest BCUT2D eigenvalue weighted by Gasteiger charge is 2.68. The Morgan fingerprint density at radius 1 is 1.11 bits per heavy atom. The fourth-order valence-corrected chi connectivity index (χ4v) is 9.19. The molecular formula is C31H44O6. The molecule has 0 aliphatic heterocycles. The van der Waals surface area contributed by atoms with Crippen LogP contribution in [-0.4, -0.2) is 60.9 Å². The van der Waals surface area contributed by atoms with Gasteiger partial charge in [0.05, 0.1) is 17.3 Å². The average Bonchev–Trinajstić information content (AvgIpc) is 3.24. The molecule has 0 heterocycles. The van der Waals surface area contributed by atoms with E-state index in [-0.39, 0.29) is 17.8 Å². The van der Waals surface area contributed by atoms with Crippen LogP contribution in [-0.2, 0) is 14.2 Å². The summed E-state index contributed by atoms with van der Waals surface area (Å²) < 4.78 is 17.2. The molecule has 0 aromatic heterocycles. The lowest BCUT2D eigenvalue weighted by atomic mass is 9.44. The van der Waals surface area contributed by atoms with Gasteiger partial charge in [-0.05, 0) is 72.8 Å². The molecule has 6 heteroatoms. The maximum Gasteiger partial charge on any atom is 0.338 e. The fraction of sp³-hybridized carbons (Fsp3) is 0.710. The molecule has 2 N–H and O–H groups in total. The summed E-state index contributed by atoms with van der Waals surface area (Å²) in [6.45, 7) is 7.59. The monoisotopic (exact) mass is 512 g/mol. The lowest BCUT2D eigenvalue weighted by Gasteiger charge is -2.64. The number of aliphatic hydroxyl groups is 2. The second kappa shape index (κ2) is 9.78. The van der Waals surface area contributed by atoms with Gasteiger partial charge in [-0.3, -0.25) is 0 Å². The Hall–Kier alpha value is -1.73. The van der Waals surface area contributed by atoms with E-state index in [0.717, 1.165) is 25.9 Å². The molecule has 0 saturated heterocycles. The van der Waals surface area contributed by atoms with Gasteiger partial charge in [-0.15, -0.1) is 0 Å². The van der Waals surface area contributed by atoms with E-state index in [1.54, 1.807) is 38.5 Å². The number of rotatable bonds is 6. The van der Waals surface area contributed by atoms with Gasteiger partial charge in [-0.1, -0.05) is 51.1 Å². The number of carbonyl (C=O) groups is 1. The second-order valence-electron chi connectivity index (χ2n) is 12.7. The summed E-state index contributed by atoms with van der Waals surface area (Å²) >= 11 is 0. The summed E-state index contributed by atoms with van der Waals surface area (Å²) in [4.78, 5) is 12.9. The van der Waals surface area contributed by atoms with Gasteiger partial charge >= 0.3 is 5.97 Å². The third-order valence-electron chi connectivity index (χ3n) is 11.2. The summed E-state index contributed by atoms with van der Waals surface area (Å²) in [5.74, 6) is 1.57. The molecule has 0 radical (unpaired) electrons. The van der Waals surface area contributed by atoms with Crippen LogP contribution in [0.4, 0.5) is 0 Å². The molecule has 204 valence electrons. The Morgan fingerprint density at radius 3 is 2.51 bits per heavy atom. The van der Waals surface area contributed by atoms with Crippen molar-refractivity contribution in [1.29, 1.82) is 0 Å². The van der Waals surface area contributed by atoms with E-state index in [1.807, 2.05) is 19.1 Å². The van der Waals surface area contributed by atoms with Crippen LogP contribution in [0.2, 0.25) is 0 Å². The zero-order valence-electron chi connectivity index (χ0n) is 22.9. The van der Waals surface area contributed by atoms with Gasteiger partial charge in [-0.25, -0.2) is 4.79 Å². The van der Waals surface area contributed by atoms with Crippen molar-refractivity contribution >= 4 is 5.97 Å². The number of methoxy groups -OCH3 is 2. The number of hydrogen-bond acceptors (Lipinski definition) is 6. The van der Waals surface area contributed by atoms with Crippen LogP contribution in [0.25, 0.3) is 0 Å². The molecule has 4 aliphatic rings. The first-order valence-electron chi connectivity index (χ1n) is 14.0. The first-order chi connectivity index (χ1) is 17.6. The molecular weight excluding hydrogens is 468 g/mol. The van der Waals surface area contributed by atoms with Crippen molar-refractivity contribution in [2.45, 2.75) is 76.8 Å². The van der Waals surface area contributed by atoms with Crippen LogP contribution in [0.15, 0.2) is 42.5 Å². The molecule has 1 aromatic rings. The van der Waals surface area contributed by atoms with Crippen molar-refractivity contribution in [2.75, 3.05) is 20.8 Å². The highest BCUT2D eigenvalue weighted by molar-refractivity contribution is 5.89. The van der Waals surface area contributed by atoms with E-state index in [9.17, 15) is 15.0 Å². The molecule has 0 bridgehead atoms. The molecule has 5 rings (SSSR count). The quantitative estimate of drug-likeness (QED) is 0.427. The lowest BCUT2D eigenvalue weighted by molar-refractivity contribution is -0.257. The molecule has 0 amide bonds. The van der Waals surface area contributed by atoms with Crippen molar-refractivity contribution in [3.63, 3.8) is 0 Å². The number of benzene rings is 1. The first kappa shape index (κ1) is 26.9. The Kier molecular flexibility index (Phi) is 7.10. The normalized spacial score (nSPS) is 45.4. The molecule has 5 unspecified atom stereocenters. The van der Waals surface area contributed by atoms with Gasteiger partial charge in [-0.2, -0.15) is 0 Å². The molecule has 3 saturated carbocycles. The van der Waals surface area contributed by atoms with E-state index in [4.69, 9.17) is 14.2 Å². The number of allylic oxidation sites excluding steroid dienone is 1. The molecule has 4 aliphatic carbocycles. The molecule has 0 spiro atoms. The topological polar surface area (TPSA) is 85.2 Å². The Labute approximate surface area is 221 Å². The van der Waals surface area contributed by atoms with Gasteiger partial charge in [0.15, 0.2) is 0 Å². The number of ether oxygens (including phenoxy) is 3. The molecule has 6 nitrogen and oxygen atoms in total. The molecule has 3 fully saturated rings. The van der Waals surface area contributed by atoms with Crippen LogP contribution in [0.3, 0.4) is 0 Å². The summed E-state index contributed by atoms with van der Waals surface area (Å²) in [5.41, 5.74) is -1.43. The number of esters is 1. The molecule has 1 aromatic carbocycles. The largest absolute Gasteiger partial charge is 0.456 e. The first-order valence-corrected chi connectivity index (χ1v) is 14.0. The van der Waals surface area contributed by atoms with Crippen LogP contribution in [0.1, 0.15) is 63.2 Å². The minimum absolute atomic E-state index is 0.121. The Balaban J connectivity index is 1.44. The van der Waals surface area contributed by atoms with E-state index in [1.165, 1.54) is 6.42 Å². The molecule has 37 heavy (non-hydrogen) atoms. The van der Waals surface area contributed by atoms with E-state index >= 15 is 0 Å². The van der Waals surface area contributed by atoms with E-state index in [2.05, 4.69) is 19.9 Å². The number of carbonyl (C=O) groups excluding carboxylic acids is 1. The van der Waals surface area contributed by atoms with Crippen molar-refractivity contribution in [3.8, 4) is 0 Å². The van der Waals surface area contributed by atoms with E-state index < -0.39 is 35.3 Å². The van der Waals surface area contributed by atoms with Crippen LogP contribution in [0, 0.1) is 40.4 Å². The highest BCUT2D eigenvalue weighted by atomic mass is 16.6. The minimum Gasteiger partial charge on any atom is -0.456 e. The fourth-order valence-electron chi connectivity index (χ4n) is 9.19. The van der Waals surface area contributed by atoms with Crippen LogP contribution < -0.4 is 0 Å². The number of hydrogen-bond donors (Lipinski definition) is 2. The smallest absolute Gasteiger partial charge is 0.338 e. The summed E-state index contributed by atoms with van der Waals surface area (Å²) in [6.07, 6.45) is 6.29. The molecule has 11 atom stereocenters. The van der Waals surface area contributed by atoms with Gasteiger partial charge < -0.3 is 24.4 Å². The van der Waals surface area contributed by atoms with Gasteiger partial charge in [0, 0.05) is 32.7 Å². The number of fused-ring (bicyclic) bond motifs is 5. The standard InChI is InChI=1S/C31H44O6/c1-19(18-35-4)22-11-12-23-21-13-16-31(34)17-25(37-28(33)20-9-7-6-8-10-20)26(36-5)27(32)30(31,3)24(21)14-15-29(22,23)2/h6-10,13,16,19,21-27,32,34H,11-12,14-15,17-18H2,1-5H3/t19?,21-,22+,23-,24-,25?,26?,27?,29+,30-,31?/m0/s1. The SMILES string of the molecule is COCC(C)[C@H]1CC[C@H]2[C@@H]3C=CC4(O)CC(OC(=O)c5ccccc5)C(OC)C(O)[C@]4(C)[C@H]3CC[C@]12C. The van der Waals surface area contributed by atoms with Crippen molar-refractivity contribution < 1.29 is 29.2 Å². The summed E-state index contributed by atoms with van der Waals surface area (Å²) in [6, 6.07) is 8.82. The Morgan fingerprint density at radius 2 is 1.84 bits per heavy atom. The van der Waals surface area contributed by atoms with Crippen LogP contribution in [0.5, 0.6) is 0 Å². The predicted molar refractivity (Wildman–Crippen MR) is 141 cm³/mol. The van der Waals surface area contributed by atoms with Gasteiger partial charge in [0.2, 0.25) is 0 Å². The van der Waals surface area contributed by atoms with Crippen molar-refractivity contribution in [1.82, 2.24) is 0 Å². The summed E-state index contributed by atoms with van der Waals surface area (Å²) in [7, 11) is 3.34. The van der Waals surface area contributed by atoms with Gasteiger partial charge in [0.1, 0.15) is 12.2 Å². The zero-order valence-corrected chi connectivity index (χ0v) is 22.9. The minimum atomic E-state index is -1.29. The van der Waals surface area contributed by atoms with Crippen molar-refractivity contribution in [2.24, 2.45) is 40.4 Å². The maximum absolute atomic E-state index is 12.9. The summed E-state index contributed by atoms with van der Waals surface area (Å²) in [5, 5.41) is 24.0. The zero-order chi connectivity index (χ0) is 26.6. The van der Waals surface area contributed by atoms with Gasteiger partial charge in [0.25, 0.3) is 0 Å². The lowest BCUT2D eigenvalue weighted by Crippen LogP contribution is -2.71. The maximum atomic E-state index is 12.9. The van der Waals surface area contributed by atoms with Crippen molar-refractivity contribution in [3.05, 3.63) is 48.0 Å². The number of aliphatic hydroxyl groups excluding tert-OH is 1. The second-order valence-corrected chi connectivity index (χ2v) is 12.7. The highest BCUT2D eigenvalue weighted by Crippen LogP contribution is 2.67. The third kappa shape index (κ3) is 4.02. The Bertz CT molecular complexity index is 1010. The third-order valence-corrected chi connectivity index (χ3v) is 11.2.